The Balaban J connectivity index is 5.03. The highest BCUT2D eigenvalue weighted by atomic mass is 19.2. The first kappa shape index (κ1) is 20.1. The maximum absolute atomic E-state index is 14.2. The first-order valence-electron chi connectivity index (χ1n) is 7.26. The predicted octanol–water partition coefficient (Wildman–Crippen LogP) is 6.51. The zero-order valence-electron chi connectivity index (χ0n) is 13.8. The van der Waals surface area contributed by atoms with Crippen LogP contribution in [-0.2, 0) is 0 Å². The third-order valence-corrected chi connectivity index (χ3v) is 3.38. The van der Waals surface area contributed by atoms with Crippen molar-refractivity contribution in [2.24, 2.45) is 11.8 Å². The Morgan fingerprint density at radius 3 is 1.95 bits per heavy atom. The molecule has 1 N–H and O–H groups in total. The number of hydrogen-bond donors (Lipinski definition) is 1. The summed E-state index contributed by atoms with van der Waals surface area (Å²) in [7, 11) is 0. The van der Waals surface area contributed by atoms with Gasteiger partial charge >= 0.3 is 0 Å². The van der Waals surface area contributed by atoms with Crippen LogP contribution in [0, 0.1) is 11.8 Å². The summed E-state index contributed by atoms with van der Waals surface area (Å²) in [6.45, 7) is 20.0. The molecule has 0 radical (unpaired) electrons. The van der Waals surface area contributed by atoms with Crippen LogP contribution in [-0.4, -0.2) is 5.11 Å². The van der Waals surface area contributed by atoms with E-state index in [1.54, 1.807) is 0 Å². The Hall–Kier alpha value is -1.90. The SMILES string of the molecule is C=C(O)/C=C\C(=C)C(=C)/C(F)=C(/F)C(=C)C(C)CCC(C)C. The molecule has 0 spiro atoms. The molecule has 0 aromatic heterocycles. The minimum Gasteiger partial charge on any atom is -0.509 e. The van der Waals surface area contributed by atoms with Crippen LogP contribution >= 0.6 is 0 Å². The first-order valence-corrected chi connectivity index (χ1v) is 7.26. The second kappa shape index (κ2) is 9.19. The fourth-order valence-electron chi connectivity index (χ4n) is 1.69. The Kier molecular flexibility index (Phi) is 8.39. The van der Waals surface area contributed by atoms with Crippen LogP contribution in [0.25, 0.3) is 0 Å². The molecule has 22 heavy (non-hydrogen) atoms. The zero-order valence-corrected chi connectivity index (χ0v) is 13.8. The van der Waals surface area contributed by atoms with E-state index in [9.17, 15) is 8.78 Å². The van der Waals surface area contributed by atoms with Gasteiger partial charge in [0, 0.05) is 5.57 Å². The van der Waals surface area contributed by atoms with Crippen molar-refractivity contribution in [2.75, 3.05) is 0 Å². The Morgan fingerprint density at radius 2 is 1.50 bits per heavy atom. The first-order chi connectivity index (χ1) is 10.1. The molecule has 0 amide bonds. The molecule has 0 saturated carbocycles. The van der Waals surface area contributed by atoms with Crippen molar-refractivity contribution >= 4 is 0 Å². The topological polar surface area (TPSA) is 20.2 Å². The van der Waals surface area contributed by atoms with E-state index in [0.717, 1.165) is 12.8 Å². The van der Waals surface area contributed by atoms with Crippen molar-refractivity contribution in [2.45, 2.75) is 33.6 Å². The number of hydrogen-bond acceptors (Lipinski definition) is 1. The van der Waals surface area contributed by atoms with Gasteiger partial charge in [-0.1, -0.05) is 59.6 Å². The van der Waals surface area contributed by atoms with Crippen LogP contribution in [0.3, 0.4) is 0 Å². The van der Waals surface area contributed by atoms with Crippen LogP contribution in [0.2, 0.25) is 0 Å². The summed E-state index contributed by atoms with van der Waals surface area (Å²) >= 11 is 0. The molecule has 1 atom stereocenters. The average Bonchev–Trinajstić information content (AvgIpc) is 2.46. The monoisotopic (exact) mass is 308 g/mol. The second-order valence-corrected chi connectivity index (χ2v) is 5.85. The summed E-state index contributed by atoms with van der Waals surface area (Å²) in [5.74, 6) is -1.91. The normalized spacial score (nSPS) is 13.9. The van der Waals surface area contributed by atoms with Gasteiger partial charge in [-0.15, -0.1) is 0 Å². The predicted molar refractivity (Wildman–Crippen MR) is 90.8 cm³/mol. The summed E-state index contributed by atoms with van der Waals surface area (Å²) in [4.78, 5) is 0. The van der Waals surface area contributed by atoms with Crippen LogP contribution in [0.15, 0.2) is 72.6 Å². The van der Waals surface area contributed by atoms with Gasteiger partial charge in [-0.05, 0) is 35.5 Å². The molecule has 0 aromatic carbocycles. The van der Waals surface area contributed by atoms with Crippen LogP contribution in [0.5, 0.6) is 0 Å². The maximum Gasteiger partial charge on any atom is 0.166 e. The fourth-order valence-corrected chi connectivity index (χ4v) is 1.69. The van der Waals surface area contributed by atoms with Gasteiger partial charge in [-0.3, -0.25) is 0 Å². The Bertz CT molecular complexity index is 522. The average molecular weight is 308 g/mol. The molecule has 3 heteroatoms. The molecule has 0 aliphatic heterocycles. The number of aliphatic hydroxyl groups is 1. The molecular weight excluding hydrogens is 282 g/mol. The van der Waals surface area contributed by atoms with Gasteiger partial charge in [-0.2, -0.15) is 0 Å². The van der Waals surface area contributed by atoms with E-state index in [4.69, 9.17) is 5.11 Å². The van der Waals surface area contributed by atoms with Crippen molar-refractivity contribution in [1.82, 2.24) is 0 Å². The van der Waals surface area contributed by atoms with Gasteiger partial charge in [0.1, 0.15) is 5.76 Å². The molecule has 1 nitrogen and oxygen atoms in total. The third-order valence-electron chi connectivity index (χ3n) is 3.38. The van der Waals surface area contributed by atoms with Gasteiger partial charge in [-0.25, -0.2) is 8.78 Å². The molecule has 0 aliphatic carbocycles. The van der Waals surface area contributed by atoms with Gasteiger partial charge in [0.15, 0.2) is 11.7 Å². The van der Waals surface area contributed by atoms with E-state index in [0.29, 0.717) is 5.92 Å². The number of aliphatic hydroxyl groups excluding tert-OH is 1. The Morgan fingerprint density at radius 1 is 0.955 bits per heavy atom. The van der Waals surface area contributed by atoms with E-state index in [1.807, 2.05) is 6.92 Å². The molecule has 0 rings (SSSR count). The van der Waals surface area contributed by atoms with E-state index >= 15 is 0 Å². The summed E-state index contributed by atoms with van der Waals surface area (Å²) in [5.41, 5.74) is 0.111. The molecule has 0 aliphatic rings. The molecule has 122 valence electrons. The molecule has 1 unspecified atom stereocenters. The van der Waals surface area contributed by atoms with Gasteiger partial charge < -0.3 is 5.11 Å². The highest BCUT2D eigenvalue weighted by molar-refractivity contribution is 5.50. The molecule has 0 fully saturated rings. The van der Waals surface area contributed by atoms with Crippen molar-refractivity contribution in [1.29, 1.82) is 0 Å². The molecule has 0 aromatic rings. The van der Waals surface area contributed by atoms with Crippen LogP contribution in [0.1, 0.15) is 33.6 Å². The van der Waals surface area contributed by atoms with Crippen molar-refractivity contribution < 1.29 is 13.9 Å². The van der Waals surface area contributed by atoms with Gasteiger partial charge in [0.2, 0.25) is 0 Å². The second-order valence-electron chi connectivity index (χ2n) is 5.85. The van der Waals surface area contributed by atoms with Crippen molar-refractivity contribution in [3.05, 3.63) is 72.6 Å². The lowest BCUT2D eigenvalue weighted by molar-refractivity contribution is 0.435. The maximum atomic E-state index is 14.2. The van der Waals surface area contributed by atoms with E-state index in [2.05, 4.69) is 40.2 Å². The van der Waals surface area contributed by atoms with E-state index in [-0.39, 0.29) is 28.4 Å². The molecular formula is C19H26F2O. The summed E-state index contributed by atoms with van der Waals surface area (Å²) in [6.07, 6.45) is 4.22. The van der Waals surface area contributed by atoms with Crippen LogP contribution in [0.4, 0.5) is 8.78 Å². The quantitative estimate of drug-likeness (QED) is 0.380. The van der Waals surface area contributed by atoms with Crippen molar-refractivity contribution in [3.8, 4) is 0 Å². The summed E-state index contributed by atoms with van der Waals surface area (Å²) in [6, 6.07) is 0. The van der Waals surface area contributed by atoms with E-state index in [1.165, 1.54) is 12.2 Å². The lowest BCUT2D eigenvalue weighted by Gasteiger charge is -2.15. The number of halogens is 2. The number of rotatable bonds is 9. The van der Waals surface area contributed by atoms with Crippen LogP contribution < -0.4 is 0 Å². The molecule has 0 bridgehead atoms. The minimum atomic E-state index is -1.07. The number of allylic oxidation sites excluding steroid dienone is 7. The standard InChI is InChI=1S/C19H26F2O/c1-12(2)8-9-13(3)16(6)18(20)19(21)17(7)14(4)10-11-15(5)22/h10-13,22H,4-9H2,1-3H3/b11-10-,19-18-. The molecule has 0 heterocycles. The zero-order chi connectivity index (χ0) is 17.4. The third kappa shape index (κ3) is 6.70. The lowest BCUT2D eigenvalue weighted by atomic mass is 9.92. The largest absolute Gasteiger partial charge is 0.509 e. The minimum absolute atomic E-state index is 0.127. The Labute approximate surface area is 132 Å². The van der Waals surface area contributed by atoms with Crippen molar-refractivity contribution in [3.63, 3.8) is 0 Å². The summed E-state index contributed by atoms with van der Waals surface area (Å²) in [5, 5.41) is 8.95. The highest BCUT2D eigenvalue weighted by Crippen LogP contribution is 2.31. The smallest absolute Gasteiger partial charge is 0.166 e. The summed E-state index contributed by atoms with van der Waals surface area (Å²) < 4.78 is 28.3. The van der Waals surface area contributed by atoms with Gasteiger partial charge in [0.25, 0.3) is 0 Å². The fraction of sp³-hybridized carbons (Fsp3) is 0.368. The molecule has 0 saturated heterocycles. The highest BCUT2D eigenvalue weighted by Gasteiger charge is 2.18. The lowest BCUT2D eigenvalue weighted by Crippen LogP contribution is -2.03. The van der Waals surface area contributed by atoms with E-state index < -0.39 is 11.7 Å². The van der Waals surface area contributed by atoms with Gasteiger partial charge in [0.05, 0.1) is 0 Å².